The summed E-state index contributed by atoms with van der Waals surface area (Å²) in [6.07, 6.45) is 18.8. The Morgan fingerprint density at radius 1 is 0.587 bits per heavy atom. The first kappa shape index (κ1) is 38.0. The van der Waals surface area contributed by atoms with E-state index in [0.29, 0.717) is 0 Å². The third kappa shape index (κ3) is 9.34. The predicted octanol–water partition coefficient (Wildman–Crippen LogP) is 5.74. The standard InChI is InChI=1S/C31H29.C7H12.C5H5.2ClH.Zr/c1-30(2,24-11-7-5-8-12-24)26-17-15-22-19-23-16-18-27(21-29(23)28(22)20-26)31(3,4)25-13-9-6-10-14-25;1-2-4-6-7-5-3-1;1-2-4-5-3-1;;;/h5-21H,1-4H3;1-6H2;1-3H,4H2;2*1H;/q-1;;-1;;;+2/p-2. The van der Waals surface area contributed by atoms with Crippen molar-refractivity contribution >= 4 is 24.8 Å². The van der Waals surface area contributed by atoms with Gasteiger partial charge >= 0.3 is 66.0 Å². The quantitative estimate of drug-likeness (QED) is 0.164. The average molecular weight is 725 g/mol. The Morgan fingerprint density at radius 3 is 1.41 bits per heavy atom. The zero-order valence-corrected chi connectivity index (χ0v) is 31.7. The van der Waals surface area contributed by atoms with Crippen LogP contribution in [0.1, 0.15) is 94.9 Å². The first-order valence-corrected chi connectivity index (χ1v) is 17.5. The molecule has 0 aliphatic heterocycles. The van der Waals surface area contributed by atoms with Crippen molar-refractivity contribution in [3.63, 3.8) is 0 Å². The molecule has 0 aromatic heterocycles. The minimum atomic E-state index is -0.0417. The molecule has 46 heavy (non-hydrogen) atoms. The van der Waals surface area contributed by atoms with Gasteiger partial charge in [0.2, 0.25) is 0 Å². The van der Waals surface area contributed by atoms with Crippen LogP contribution < -0.4 is 24.8 Å². The van der Waals surface area contributed by atoms with Crippen LogP contribution in [0.4, 0.5) is 0 Å². The Balaban J connectivity index is 0.000000320. The van der Waals surface area contributed by atoms with Crippen LogP contribution >= 0.6 is 0 Å². The van der Waals surface area contributed by atoms with E-state index in [4.69, 9.17) is 0 Å². The molecule has 3 heteroatoms. The molecule has 5 aromatic carbocycles. The van der Waals surface area contributed by atoms with Gasteiger partial charge in [-0.25, -0.2) is 12.2 Å². The summed E-state index contributed by atoms with van der Waals surface area (Å²) in [7, 11) is 0. The molecule has 5 aromatic rings. The molecule has 0 heterocycles. The van der Waals surface area contributed by atoms with E-state index in [2.05, 4.69) is 143 Å². The number of benzene rings is 4. The Bertz CT molecular complexity index is 1610. The van der Waals surface area contributed by atoms with Crippen molar-refractivity contribution in [2.24, 2.45) is 0 Å². The number of fused-ring (bicyclic) bond motifs is 3. The van der Waals surface area contributed by atoms with Gasteiger partial charge in [0.15, 0.2) is 0 Å². The van der Waals surface area contributed by atoms with Crippen LogP contribution in [0.15, 0.2) is 121 Å². The third-order valence-corrected chi connectivity index (χ3v) is 10.7. The van der Waals surface area contributed by atoms with Gasteiger partial charge in [-0.15, -0.1) is 46.2 Å². The van der Waals surface area contributed by atoms with Crippen LogP contribution in [-0.2, 0) is 35.1 Å². The molecular weight excluding hydrogens is 679 g/mol. The molecule has 2 aliphatic rings. The molecule has 7 rings (SSSR count). The molecule has 0 saturated heterocycles. The second-order valence-corrected chi connectivity index (χ2v) is 15.0. The van der Waals surface area contributed by atoms with Gasteiger partial charge in [-0.1, -0.05) is 124 Å². The van der Waals surface area contributed by atoms with Gasteiger partial charge in [0, 0.05) is 10.8 Å². The topological polar surface area (TPSA) is 0 Å². The molecule has 2 aliphatic carbocycles. The van der Waals surface area contributed by atoms with E-state index in [9.17, 15) is 0 Å². The monoisotopic (exact) mass is 722 g/mol. The minimum absolute atomic E-state index is 0. The Morgan fingerprint density at radius 2 is 1.04 bits per heavy atom. The summed E-state index contributed by atoms with van der Waals surface area (Å²) in [5, 5.41) is 5.33. The molecule has 0 amide bonds. The Labute approximate surface area is 304 Å². The summed E-state index contributed by atoms with van der Waals surface area (Å²) in [4.78, 5) is 0. The Kier molecular flexibility index (Phi) is 14.6. The van der Waals surface area contributed by atoms with E-state index in [1.54, 1.807) is 24.2 Å². The molecule has 238 valence electrons. The van der Waals surface area contributed by atoms with Crippen LogP contribution in [0, 0.1) is 6.08 Å². The molecule has 1 saturated carbocycles. The van der Waals surface area contributed by atoms with Gasteiger partial charge in [-0.05, 0) is 11.1 Å². The van der Waals surface area contributed by atoms with Gasteiger partial charge in [0.25, 0.3) is 0 Å². The van der Waals surface area contributed by atoms with Crippen molar-refractivity contribution in [3.05, 3.63) is 150 Å². The van der Waals surface area contributed by atoms with E-state index in [1.165, 1.54) is 82.3 Å². The molecule has 0 N–H and O–H groups in total. The number of hydrogen-bond acceptors (Lipinski definition) is 0. The summed E-state index contributed by atoms with van der Waals surface area (Å²) >= 11 is 1.69. The molecule has 0 unspecified atom stereocenters. The van der Waals surface area contributed by atoms with E-state index in [0.717, 1.165) is 6.42 Å². The van der Waals surface area contributed by atoms with E-state index >= 15 is 0 Å². The molecule has 0 bridgehead atoms. The fourth-order valence-electron chi connectivity index (χ4n) is 6.31. The summed E-state index contributed by atoms with van der Waals surface area (Å²) in [5.41, 5.74) is 5.31. The zero-order valence-electron chi connectivity index (χ0n) is 27.8. The third-order valence-electron chi connectivity index (χ3n) is 9.44. The fraction of sp³-hybridized carbons (Fsp3) is 0.302. The van der Waals surface area contributed by atoms with Crippen LogP contribution in [0.5, 0.6) is 0 Å². The van der Waals surface area contributed by atoms with Crippen molar-refractivity contribution in [3.8, 4) is 0 Å². The molecular formula is C43H46Cl2Zr-2. The van der Waals surface area contributed by atoms with E-state index < -0.39 is 0 Å². The normalized spacial score (nSPS) is 14.3. The van der Waals surface area contributed by atoms with Crippen LogP contribution in [-0.4, -0.2) is 3.21 Å². The van der Waals surface area contributed by atoms with Gasteiger partial charge in [-0.3, -0.25) is 6.08 Å². The molecule has 0 spiro atoms. The number of halogens is 2. The molecule has 0 radical (unpaired) electrons. The average Bonchev–Trinajstić information content (AvgIpc) is 3.70. The molecule has 1 fully saturated rings. The summed E-state index contributed by atoms with van der Waals surface area (Å²) in [6.45, 7) is 9.27. The second kappa shape index (κ2) is 17.6. The van der Waals surface area contributed by atoms with Gasteiger partial charge in [-0.2, -0.15) is 6.08 Å². The van der Waals surface area contributed by atoms with Crippen LogP contribution in [0.2, 0.25) is 0 Å². The first-order valence-electron chi connectivity index (χ1n) is 16.3. The van der Waals surface area contributed by atoms with E-state index in [-0.39, 0.29) is 35.6 Å². The summed E-state index contributed by atoms with van der Waals surface area (Å²) < 4.78 is 1.81. The number of rotatable bonds is 4. The van der Waals surface area contributed by atoms with E-state index in [1.807, 2.05) is 15.4 Å². The van der Waals surface area contributed by atoms with Gasteiger partial charge in [0.1, 0.15) is 0 Å². The van der Waals surface area contributed by atoms with Gasteiger partial charge in [0.05, 0.1) is 0 Å². The summed E-state index contributed by atoms with van der Waals surface area (Å²) in [5.74, 6) is 0. The number of allylic oxidation sites excluding steroid dienone is 4. The maximum atomic E-state index is 2.99. The van der Waals surface area contributed by atoms with Crippen molar-refractivity contribution in [2.75, 3.05) is 0 Å². The van der Waals surface area contributed by atoms with Crippen molar-refractivity contribution < 1.29 is 49.0 Å². The first-order chi connectivity index (χ1) is 21.3. The number of hydrogen-bond donors (Lipinski definition) is 0. The maximum absolute atomic E-state index is 2.99. The van der Waals surface area contributed by atoms with Gasteiger partial charge < -0.3 is 24.8 Å². The van der Waals surface area contributed by atoms with Crippen LogP contribution in [0.25, 0.3) is 21.5 Å². The predicted molar refractivity (Wildman–Crippen MR) is 188 cm³/mol. The van der Waals surface area contributed by atoms with Crippen LogP contribution in [0.3, 0.4) is 0 Å². The van der Waals surface area contributed by atoms with Crippen molar-refractivity contribution in [1.29, 1.82) is 0 Å². The van der Waals surface area contributed by atoms with Crippen molar-refractivity contribution in [1.82, 2.24) is 0 Å². The molecule has 0 atom stereocenters. The molecule has 0 nitrogen and oxygen atoms in total. The van der Waals surface area contributed by atoms with Crippen molar-refractivity contribution in [2.45, 2.75) is 83.5 Å². The fourth-order valence-corrected chi connectivity index (χ4v) is 7.18. The Hall–Kier alpha value is -2.44. The zero-order chi connectivity index (χ0) is 31.0. The summed E-state index contributed by atoms with van der Waals surface area (Å²) in [6, 6.07) is 37.9. The SMILES string of the molecule is CC(C)(c1ccccc1)c1ccc2[cH-]c3ccc(C(C)(C)c4ccccc4)cc3c2c1.[C-]1=CC=CC1.[Cl-].[Cl-].[Zr+2]=[C]1CCCCCC1. The second-order valence-electron chi connectivity index (χ2n) is 13.3.